The predicted molar refractivity (Wildman–Crippen MR) is 92.3 cm³/mol. The van der Waals surface area contributed by atoms with E-state index in [0.717, 1.165) is 34.3 Å². The molecule has 0 spiro atoms. The summed E-state index contributed by atoms with van der Waals surface area (Å²) in [5.74, 6) is 0.863. The van der Waals surface area contributed by atoms with Crippen LogP contribution >= 0.6 is 0 Å². The summed E-state index contributed by atoms with van der Waals surface area (Å²) < 4.78 is 5.25. The average molecular weight is 291 g/mol. The number of aromatic nitrogens is 1. The number of unbranched alkanes of at least 4 members (excludes halogenated alkanes) is 1. The van der Waals surface area contributed by atoms with Gasteiger partial charge >= 0.3 is 0 Å². The molecule has 1 aromatic heterocycles. The second-order valence-electron chi connectivity index (χ2n) is 5.56. The van der Waals surface area contributed by atoms with Gasteiger partial charge in [0.05, 0.1) is 18.3 Å². The molecule has 0 saturated carbocycles. The molecule has 0 fully saturated rings. The Morgan fingerprint density at radius 2 is 1.77 bits per heavy atom. The van der Waals surface area contributed by atoms with E-state index in [-0.39, 0.29) is 0 Å². The third-order valence-electron chi connectivity index (χ3n) is 3.97. The normalized spacial score (nSPS) is 10.8. The summed E-state index contributed by atoms with van der Waals surface area (Å²) in [5, 5.41) is 1.10. The molecular weight excluding hydrogens is 270 g/mol. The summed E-state index contributed by atoms with van der Waals surface area (Å²) in [6.07, 6.45) is 3.63. The maximum Gasteiger partial charge on any atom is 0.119 e. The molecular formula is C20H21NO. The molecule has 0 radical (unpaired) electrons. The highest BCUT2D eigenvalue weighted by atomic mass is 16.5. The van der Waals surface area contributed by atoms with Crippen molar-refractivity contribution in [2.45, 2.75) is 26.2 Å². The van der Waals surface area contributed by atoms with E-state index in [9.17, 15) is 0 Å². The quantitative estimate of drug-likeness (QED) is 0.640. The molecule has 112 valence electrons. The Bertz CT molecular complexity index is 762. The Kier molecular flexibility index (Phi) is 4.38. The first-order valence-electron chi connectivity index (χ1n) is 7.84. The predicted octanol–water partition coefficient (Wildman–Crippen LogP) is 5.25. The van der Waals surface area contributed by atoms with E-state index in [2.05, 4.69) is 43.3 Å². The number of pyridine rings is 1. The van der Waals surface area contributed by atoms with E-state index < -0.39 is 0 Å². The molecule has 22 heavy (non-hydrogen) atoms. The fourth-order valence-electron chi connectivity index (χ4n) is 2.61. The molecule has 0 aliphatic heterocycles. The fraction of sp³-hybridized carbons (Fsp3) is 0.250. The third-order valence-corrected chi connectivity index (χ3v) is 3.97. The Morgan fingerprint density at radius 1 is 0.955 bits per heavy atom. The zero-order chi connectivity index (χ0) is 15.4. The van der Waals surface area contributed by atoms with Gasteiger partial charge < -0.3 is 4.74 Å². The molecule has 0 atom stereocenters. The molecule has 0 saturated heterocycles. The summed E-state index contributed by atoms with van der Waals surface area (Å²) in [5.41, 5.74) is 4.57. The van der Waals surface area contributed by atoms with Gasteiger partial charge in [-0.15, -0.1) is 0 Å². The highest BCUT2D eigenvalue weighted by Crippen LogP contribution is 2.24. The van der Waals surface area contributed by atoms with Gasteiger partial charge in [0.15, 0.2) is 0 Å². The Morgan fingerprint density at radius 3 is 2.50 bits per heavy atom. The molecule has 2 nitrogen and oxygen atoms in total. The van der Waals surface area contributed by atoms with Crippen LogP contribution in [-0.4, -0.2) is 12.1 Å². The first kappa shape index (κ1) is 14.6. The smallest absolute Gasteiger partial charge is 0.119 e. The van der Waals surface area contributed by atoms with E-state index in [4.69, 9.17) is 9.72 Å². The van der Waals surface area contributed by atoms with Crippen molar-refractivity contribution in [3.05, 3.63) is 60.2 Å². The summed E-state index contributed by atoms with van der Waals surface area (Å²) in [6, 6.07) is 18.9. The molecule has 2 heteroatoms. The molecule has 0 amide bonds. The van der Waals surface area contributed by atoms with Crippen LogP contribution in [0.15, 0.2) is 54.6 Å². The van der Waals surface area contributed by atoms with Crippen LogP contribution in [0, 0.1) is 0 Å². The van der Waals surface area contributed by atoms with Crippen LogP contribution in [0.3, 0.4) is 0 Å². The van der Waals surface area contributed by atoms with Gasteiger partial charge in [0, 0.05) is 10.9 Å². The number of ether oxygens (including phenoxy) is 1. The molecule has 0 N–H and O–H groups in total. The topological polar surface area (TPSA) is 22.1 Å². The highest BCUT2D eigenvalue weighted by Gasteiger charge is 2.03. The van der Waals surface area contributed by atoms with E-state index in [1.54, 1.807) is 7.11 Å². The van der Waals surface area contributed by atoms with E-state index >= 15 is 0 Å². The van der Waals surface area contributed by atoms with Crippen molar-refractivity contribution >= 4 is 10.9 Å². The van der Waals surface area contributed by atoms with E-state index in [1.807, 2.05) is 18.2 Å². The van der Waals surface area contributed by atoms with Crippen LogP contribution in [0.25, 0.3) is 22.2 Å². The Labute approximate surface area is 131 Å². The first-order valence-corrected chi connectivity index (χ1v) is 7.84. The van der Waals surface area contributed by atoms with Gasteiger partial charge in [-0.1, -0.05) is 43.7 Å². The molecule has 1 heterocycles. The Balaban J connectivity index is 1.89. The number of aryl methyl sites for hydroxylation is 1. The highest BCUT2D eigenvalue weighted by molar-refractivity contribution is 5.82. The number of fused-ring (bicyclic) bond motifs is 1. The van der Waals surface area contributed by atoms with Crippen molar-refractivity contribution in [1.82, 2.24) is 4.98 Å². The monoisotopic (exact) mass is 291 g/mol. The van der Waals surface area contributed by atoms with Crippen LogP contribution in [0.1, 0.15) is 25.3 Å². The number of rotatable bonds is 5. The lowest BCUT2D eigenvalue weighted by atomic mass is 10.0. The summed E-state index contributed by atoms with van der Waals surface area (Å²) in [4.78, 5) is 4.76. The van der Waals surface area contributed by atoms with Crippen molar-refractivity contribution in [2.75, 3.05) is 7.11 Å². The Hall–Kier alpha value is -2.35. The van der Waals surface area contributed by atoms with Gasteiger partial charge in [0.2, 0.25) is 0 Å². The van der Waals surface area contributed by atoms with Crippen LogP contribution in [0.5, 0.6) is 5.75 Å². The lowest BCUT2D eigenvalue weighted by Crippen LogP contribution is -1.89. The maximum atomic E-state index is 5.25. The minimum atomic E-state index is 0.863. The summed E-state index contributed by atoms with van der Waals surface area (Å²) in [7, 11) is 1.68. The van der Waals surface area contributed by atoms with Crippen LogP contribution in [-0.2, 0) is 6.42 Å². The van der Waals surface area contributed by atoms with Crippen LogP contribution in [0.4, 0.5) is 0 Å². The lowest BCUT2D eigenvalue weighted by molar-refractivity contribution is 0.415. The van der Waals surface area contributed by atoms with Crippen molar-refractivity contribution < 1.29 is 4.74 Å². The SMILES string of the molecule is CCCCc1ccc(-c2ccc3cc(OC)ccc3n2)cc1. The molecule has 0 aliphatic rings. The number of methoxy groups -OCH3 is 1. The van der Waals surface area contributed by atoms with Gasteiger partial charge in [0.1, 0.15) is 5.75 Å². The average Bonchev–Trinajstić information content (AvgIpc) is 2.59. The van der Waals surface area contributed by atoms with Gasteiger partial charge in [-0.2, -0.15) is 0 Å². The molecule has 0 unspecified atom stereocenters. The standard InChI is InChI=1S/C20H21NO/c1-3-4-5-15-6-8-16(9-7-15)19-12-10-17-14-18(22-2)11-13-20(17)21-19/h6-14H,3-5H2,1-2H3. The van der Waals surface area contributed by atoms with E-state index in [1.165, 1.54) is 18.4 Å². The van der Waals surface area contributed by atoms with Crippen LogP contribution in [0.2, 0.25) is 0 Å². The van der Waals surface area contributed by atoms with Gasteiger partial charge in [0.25, 0.3) is 0 Å². The zero-order valence-corrected chi connectivity index (χ0v) is 13.2. The van der Waals surface area contributed by atoms with Gasteiger partial charge in [-0.05, 0) is 42.7 Å². The number of nitrogens with zero attached hydrogens (tertiary/aromatic N) is 1. The second-order valence-corrected chi connectivity index (χ2v) is 5.56. The van der Waals surface area contributed by atoms with Crippen molar-refractivity contribution in [2.24, 2.45) is 0 Å². The molecule has 3 aromatic rings. The summed E-state index contributed by atoms with van der Waals surface area (Å²) in [6.45, 7) is 2.22. The number of hydrogen-bond donors (Lipinski definition) is 0. The summed E-state index contributed by atoms with van der Waals surface area (Å²) >= 11 is 0. The molecule has 3 rings (SSSR count). The van der Waals surface area contributed by atoms with Gasteiger partial charge in [-0.3, -0.25) is 0 Å². The lowest BCUT2D eigenvalue weighted by Gasteiger charge is -2.06. The maximum absolute atomic E-state index is 5.25. The van der Waals surface area contributed by atoms with E-state index in [0.29, 0.717) is 0 Å². The van der Waals surface area contributed by atoms with Crippen LogP contribution < -0.4 is 4.74 Å². The van der Waals surface area contributed by atoms with Crippen molar-refractivity contribution in [3.63, 3.8) is 0 Å². The minimum absolute atomic E-state index is 0.863. The molecule has 0 aliphatic carbocycles. The molecule has 0 bridgehead atoms. The van der Waals surface area contributed by atoms with Crippen molar-refractivity contribution in [1.29, 1.82) is 0 Å². The number of benzene rings is 2. The minimum Gasteiger partial charge on any atom is -0.497 e. The zero-order valence-electron chi connectivity index (χ0n) is 13.2. The first-order chi connectivity index (χ1) is 10.8. The molecule has 2 aromatic carbocycles. The van der Waals surface area contributed by atoms with Crippen molar-refractivity contribution in [3.8, 4) is 17.0 Å². The largest absolute Gasteiger partial charge is 0.497 e. The fourth-order valence-corrected chi connectivity index (χ4v) is 2.61. The second kappa shape index (κ2) is 6.61. The van der Waals surface area contributed by atoms with Gasteiger partial charge in [-0.25, -0.2) is 4.98 Å². The third kappa shape index (κ3) is 3.11. The number of hydrogen-bond acceptors (Lipinski definition) is 2.